The maximum atomic E-state index is 7.00. The van der Waals surface area contributed by atoms with Crippen molar-refractivity contribution in [3.8, 4) is 0 Å². The minimum atomic E-state index is 0. The summed E-state index contributed by atoms with van der Waals surface area (Å²) in [6, 6.07) is 0.395. The third kappa shape index (κ3) is 4.35. The van der Waals surface area contributed by atoms with E-state index >= 15 is 0 Å². The van der Waals surface area contributed by atoms with Crippen LogP contribution in [0, 0.1) is 5.92 Å². The second-order valence-corrected chi connectivity index (χ2v) is 2.95. The van der Waals surface area contributed by atoms with E-state index in [9.17, 15) is 0 Å². The summed E-state index contributed by atoms with van der Waals surface area (Å²) >= 11 is 0. The van der Waals surface area contributed by atoms with Crippen molar-refractivity contribution in [3.05, 3.63) is 0 Å². The fourth-order valence-corrected chi connectivity index (χ4v) is 1.37. The van der Waals surface area contributed by atoms with Crippen LogP contribution in [0.25, 0.3) is 0 Å². The first-order valence-electron chi connectivity index (χ1n) is 4.21. The molecule has 0 aromatic carbocycles. The van der Waals surface area contributed by atoms with Gasteiger partial charge in [-0.1, -0.05) is 0 Å². The third-order valence-electron chi connectivity index (χ3n) is 2.13. The van der Waals surface area contributed by atoms with E-state index in [0.717, 1.165) is 26.1 Å². The van der Waals surface area contributed by atoms with Gasteiger partial charge >= 0.3 is 0 Å². The highest BCUT2D eigenvalue weighted by Gasteiger charge is 2.15. The van der Waals surface area contributed by atoms with E-state index in [0.29, 0.717) is 6.04 Å². The standard InChI is InChI=1S/C7H16N2.CH4O.H2/c1-6(8)7-2-4-9-5-3-7;1-2;/h6-7,9H,2-5,8H2,1H3;2H,1H3;1H/t6-;;/m0../s1. The molecule has 4 N–H and O–H groups in total. The molecule has 3 nitrogen and oxygen atoms in total. The Morgan fingerprint density at radius 2 is 1.91 bits per heavy atom. The van der Waals surface area contributed by atoms with E-state index in [-0.39, 0.29) is 1.43 Å². The fourth-order valence-electron chi connectivity index (χ4n) is 1.37. The van der Waals surface area contributed by atoms with Crippen LogP contribution in [0.15, 0.2) is 0 Å². The van der Waals surface area contributed by atoms with Crippen molar-refractivity contribution in [2.75, 3.05) is 20.2 Å². The first-order chi connectivity index (χ1) is 5.30. The molecule has 11 heavy (non-hydrogen) atoms. The van der Waals surface area contributed by atoms with Crippen molar-refractivity contribution >= 4 is 0 Å². The van der Waals surface area contributed by atoms with Gasteiger partial charge in [-0.15, -0.1) is 0 Å². The molecule has 0 saturated carbocycles. The summed E-state index contributed by atoms with van der Waals surface area (Å²) in [6.07, 6.45) is 2.52. The molecule has 1 saturated heterocycles. The maximum Gasteiger partial charge on any atom is 0.0319 e. The van der Waals surface area contributed by atoms with Crippen LogP contribution in [0.2, 0.25) is 0 Å². The fraction of sp³-hybridized carbons (Fsp3) is 1.00. The molecule has 1 heterocycles. The lowest BCUT2D eigenvalue weighted by molar-refractivity contribution is 0.330. The van der Waals surface area contributed by atoms with Crippen LogP contribution >= 0.6 is 0 Å². The number of nitrogens with one attached hydrogen (secondary N) is 1. The summed E-state index contributed by atoms with van der Waals surface area (Å²) < 4.78 is 0. The number of aliphatic hydroxyl groups is 1. The van der Waals surface area contributed by atoms with Crippen molar-refractivity contribution in [2.24, 2.45) is 11.7 Å². The molecule has 1 aliphatic rings. The molecule has 0 aliphatic carbocycles. The Balaban J connectivity index is 0. The van der Waals surface area contributed by atoms with Crippen LogP contribution in [0.3, 0.4) is 0 Å². The lowest BCUT2D eigenvalue weighted by Crippen LogP contribution is -2.36. The van der Waals surface area contributed by atoms with Gasteiger partial charge < -0.3 is 16.2 Å². The summed E-state index contributed by atoms with van der Waals surface area (Å²) in [5, 5.41) is 10.3. The van der Waals surface area contributed by atoms with Crippen molar-refractivity contribution in [3.63, 3.8) is 0 Å². The predicted octanol–water partition coefficient (Wildman–Crippen LogP) is 0.188. The summed E-state index contributed by atoms with van der Waals surface area (Å²) in [6.45, 7) is 4.42. The molecule has 1 atom stereocenters. The van der Waals surface area contributed by atoms with Crippen molar-refractivity contribution in [2.45, 2.75) is 25.8 Å². The zero-order chi connectivity index (χ0) is 8.69. The van der Waals surface area contributed by atoms with E-state index in [4.69, 9.17) is 10.8 Å². The lowest BCUT2D eigenvalue weighted by atomic mass is 9.92. The van der Waals surface area contributed by atoms with Gasteiger partial charge in [-0.2, -0.15) is 0 Å². The molecule has 0 aromatic rings. The highest BCUT2D eigenvalue weighted by Crippen LogP contribution is 2.13. The van der Waals surface area contributed by atoms with Gasteiger partial charge in [-0.25, -0.2) is 0 Å². The molecule has 1 rings (SSSR count). The molecule has 0 aromatic heterocycles. The Kier molecular flexibility index (Phi) is 6.51. The largest absolute Gasteiger partial charge is 0.400 e. The molecule has 1 aliphatic heterocycles. The first-order valence-corrected chi connectivity index (χ1v) is 4.21. The van der Waals surface area contributed by atoms with Crippen LogP contribution in [-0.2, 0) is 0 Å². The van der Waals surface area contributed by atoms with Gasteiger partial charge in [0.2, 0.25) is 0 Å². The second-order valence-electron chi connectivity index (χ2n) is 2.95. The van der Waals surface area contributed by atoms with Gasteiger partial charge in [0.15, 0.2) is 0 Å². The average molecular weight is 162 g/mol. The van der Waals surface area contributed by atoms with Crippen molar-refractivity contribution in [1.29, 1.82) is 0 Å². The van der Waals surface area contributed by atoms with Crippen LogP contribution in [0.4, 0.5) is 0 Å². The molecule has 0 bridgehead atoms. The molecule has 0 spiro atoms. The average Bonchev–Trinajstić information content (AvgIpc) is 2.10. The smallest absolute Gasteiger partial charge is 0.0319 e. The zero-order valence-electron chi connectivity index (χ0n) is 7.51. The summed E-state index contributed by atoms with van der Waals surface area (Å²) in [7, 11) is 1.00. The normalized spacial score (nSPS) is 21.8. The molecule has 1 fully saturated rings. The van der Waals surface area contributed by atoms with Crippen molar-refractivity contribution in [1.82, 2.24) is 5.32 Å². The van der Waals surface area contributed by atoms with E-state index in [1.165, 1.54) is 12.8 Å². The van der Waals surface area contributed by atoms with Crippen LogP contribution in [-0.4, -0.2) is 31.3 Å². The lowest BCUT2D eigenvalue weighted by Gasteiger charge is -2.25. The Labute approximate surface area is 70.5 Å². The number of rotatable bonds is 1. The Hall–Kier alpha value is -0.120. The quantitative estimate of drug-likeness (QED) is 0.516. The zero-order valence-corrected chi connectivity index (χ0v) is 7.51. The minimum Gasteiger partial charge on any atom is -0.400 e. The number of hydrogen-bond acceptors (Lipinski definition) is 3. The molecule has 0 amide bonds. The van der Waals surface area contributed by atoms with Crippen LogP contribution in [0.1, 0.15) is 21.2 Å². The maximum absolute atomic E-state index is 7.00. The summed E-state index contributed by atoms with van der Waals surface area (Å²) in [5.41, 5.74) is 5.74. The van der Waals surface area contributed by atoms with Gasteiger partial charge in [0, 0.05) is 14.6 Å². The van der Waals surface area contributed by atoms with E-state index in [1.807, 2.05) is 0 Å². The molecular weight excluding hydrogens is 140 g/mol. The molecule has 0 radical (unpaired) electrons. The SMILES string of the molecule is CO.C[C@H](N)C1CCNCC1.[HH]. The molecule has 0 unspecified atom stereocenters. The van der Waals surface area contributed by atoms with Gasteiger partial charge in [0.1, 0.15) is 0 Å². The minimum absolute atomic E-state index is 0. The summed E-state index contributed by atoms with van der Waals surface area (Å²) in [4.78, 5) is 0. The topological polar surface area (TPSA) is 58.3 Å². The van der Waals surface area contributed by atoms with E-state index < -0.39 is 0 Å². The van der Waals surface area contributed by atoms with Gasteiger partial charge in [0.25, 0.3) is 0 Å². The number of piperidine rings is 1. The Bertz CT molecular complexity index is 85.1. The predicted molar refractivity (Wildman–Crippen MR) is 49.5 cm³/mol. The number of aliphatic hydroxyl groups excluding tert-OH is 1. The van der Waals surface area contributed by atoms with Crippen LogP contribution in [0.5, 0.6) is 0 Å². The first kappa shape index (κ1) is 10.9. The Morgan fingerprint density at radius 3 is 2.18 bits per heavy atom. The second kappa shape index (κ2) is 6.58. The van der Waals surface area contributed by atoms with E-state index in [1.54, 1.807) is 0 Å². The Morgan fingerprint density at radius 1 is 1.45 bits per heavy atom. The monoisotopic (exact) mass is 162 g/mol. The highest BCUT2D eigenvalue weighted by molar-refractivity contribution is 4.74. The summed E-state index contributed by atoms with van der Waals surface area (Å²) in [5.74, 6) is 0.770. The van der Waals surface area contributed by atoms with Gasteiger partial charge in [0.05, 0.1) is 0 Å². The molecular formula is C8H22N2O. The van der Waals surface area contributed by atoms with Crippen molar-refractivity contribution < 1.29 is 6.53 Å². The van der Waals surface area contributed by atoms with Crippen LogP contribution < -0.4 is 11.1 Å². The molecule has 3 heteroatoms. The van der Waals surface area contributed by atoms with Gasteiger partial charge in [-0.3, -0.25) is 0 Å². The van der Waals surface area contributed by atoms with E-state index in [2.05, 4.69) is 12.2 Å². The highest BCUT2D eigenvalue weighted by atomic mass is 16.2. The number of nitrogens with two attached hydrogens (primary N) is 1. The number of hydrogen-bond donors (Lipinski definition) is 3. The van der Waals surface area contributed by atoms with Gasteiger partial charge in [-0.05, 0) is 38.8 Å². The third-order valence-corrected chi connectivity index (χ3v) is 2.13. The molecule has 70 valence electrons.